The highest BCUT2D eigenvalue weighted by atomic mass is 32.2. The van der Waals surface area contributed by atoms with Crippen LogP contribution in [0.1, 0.15) is 15.2 Å². The Hall–Kier alpha value is -1.26. The molecule has 2 nitrogen and oxygen atoms in total. The molecule has 0 atom stereocenters. The van der Waals surface area contributed by atoms with Gasteiger partial charge in [0.2, 0.25) is 0 Å². The highest BCUT2D eigenvalue weighted by molar-refractivity contribution is 7.98. The van der Waals surface area contributed by atoms with Crippen molar-refractivity contribution in [3.63, 3.8) is 0 Å². The number of nitrogens with one attached hydrogen (secondary N) is 1. The molecule has 0 aliphatic rings. The van der Waals surface area contributed by atoms with E-state index in [0.29, 0.717) is 6.54 Å². The second-order valence-corrected chi connectivity index (χ2v) is 5.34. The summed E-state index contributed by atoms with van der Waals surface area (Å²) in [7, 11) is 0. The zero-order valence-electron chi connectivity index (χ0n) is 9.47. The van der Waals surface area contributed by atoms with Gasteiger partial charge in [-0.05, 0) is 29.8 Å². The summed E-state index contributed by atoms with van der Waals surface area (Å²) in [4.78, 5) is 14.2. The quantitative estimate of drug-likeness (QED) is 0.857. The maximum Gasteiger partial charge on any atom is 0.252 e. The van der Waals surface area contributed by atoms with Crippen LogP contribution in [-0.2, 0) is 6.54 Å². The summed E-state index contributed by atoms with van der Waals surface area (Å²) in [5.41, 5.74) is 0.747. The van der Waals surface area contributed by atoms with E-state index in [2.05, 4.69) is 5.32 Å². The number of carbonyl (C=O) groups excluding carboxylic acids is 1. The van der Waals surface area contributed by atoms with Gasteiger partial charge in [0.25, 0.3) is 5.91 Å². The molecule has 0 aliphatic carbocycles. The van der Waals surface area contributed by atoms with Crippen molar-refractivity contribution in [3.05, 3.63) is 52.2 Å². The number of benzene rings is 1. The molecule has 2 rings (SSSR count). The molecule has 0 radical (unpaired) electrons. The van der Waals surface area contributed by atoms with Crippen LogP contribution in [-0.4, -0.2) is 12.2 Å². The molecular weight excluding hydrogens is 250 g/mol. The largest absolute Gasteiger partial charge is 0.347 e. The number of thiophene rings is 1. The van der Waals surface area contributed by atoms with Gasteiger partial charge in [0.05, 0.1) is 12.1 Å². The van der Waals surface area contributed by atoms with Crippen LogP contribution in [0.5, 0.6) is 0 Å². The summed E-state index contributed by atoms with van der Waals surface area (Å²) < 4.78 is 0. The maximum absolute atomic E-state index is 12.0. The van der Waals surface area contributed by atoms with E-state index in [1.54, 1.807) is 23.1 Å². The number of carbonyl (C=O) groups is 1. The third kappa shape index (κ3) is 3.11. The highest BCUT2D eigenvalue weighted by Gasteiger charge is 2.09. The zero-order valence-corrected chi connectivity index (χ0v) is 11.1. The predicted molar refractivity (Wildman–Crippen MR) is 73.7 cm³/mol. The van der Waals surface area contributed by atoms with Gasteiger partial charge >= 0.3 is 0 Å². The molecule has 0 unspecified atom stereocenters. The van der Waals surface area contributed by atoms with Gasteiger partial charge < -0.3 is 5.32 Å². The summed E-state index contributed by atoms with van der Waals surface area (Å²) in [6, 6.07) is 11.7. The number of thioether (sulfide) groups is 1. The first-order chi connectivity index (χ1) is 8.31. The fraction of sp³-hybridized carbons (Fsp3) is 0.154. The van der Waals surface area contributed by atoms with Gasteiger partial charge in [0.1, 0.15) is 0 Å². The van der Waals surface area contributed by atoms with E-state index in [0.717, 1.165) is 10.5 Å². The molecule has 17 heavy (non-hydrogen) atoms. The number of amides is 1. The summed E-state index contributed by atoms with van der Waals surface area (Å²) >= 11 is 3.24. The molecule has 0 bridgehead atoms. The van der Waals surface area contributed by atoms with Gasteiger partial charge in [-0.25, -0.2) is 0 Å². The van der Waals surface area contributed by atoms with Crippen molar-refractivity contribution in [1.29, 1.82) is 0 Å². The van der Waals surface area contributed by atoms with Crippen molar-refractivity contribution < 1.29 is 4.79 Å². The lowest BCUT2D eigenvalue weighted by atomic mass is 10.2. The van der Waals surface area contributed by atoms with E-state index in [1.165, 1.54) is 4.88 Å². The van der Waals surface area contributed by atoms with Crippen molar-refractivity contribution in [2.45, 2.75) is 11.4 Å². The summed E-state index contributed by atoms with van der Waals surface area (Å²) in [5.74, 6) is -0.0108. The Balaban J connectivity index is 2.04. The van der Waals surface area contributed by atoms with Gasteiger partial charge in [0, 0.05) is 9.77 Å². The SMILES string of the molecule is CSc1ccccc1C(=O)NCc1cccs1. The molecule has 88 valence electrons. The highest BCUT2D eigenvalue weighted by Crippen LogP contribution is 2.19. The Morgan fingerprint density at radius 3 is 2.82 bits per heavy atom. The van der Waals surface area contributed by atoms with E-state index < -0.39 is 0 Å². The number of hydrogen-bond donors (Lipinski definition) is 1. The van der Waals surface area contributed by atoms with Crippen molar-refractivity contribution in [3.8, 4) is 0 Å². The first-order valence-corrected chi connectivity index (χ1v) is 7.35. The van der Waals surface area contributed by atoms with Crippen molar-refractivity contribution >= 4 is 29.0 Å². The minimum Gasteiger partial charge on any atom is -0.347 e. The van der Waals surface area contributed by atoms with Gasteiger partial charge in [-0.3, -0.25) is 4.79 Å². The molecule has 1 aromatic carbocycles. The molecule has 4 heteroatoms. The molecule has 0 aliphatic heterocycles. The van der Waals surface area contributed by atoms with Crippen molar-refractivity contribution in [2.24, 2.45) is 0 Å². The van der Waals surface area contributed by atoms with E-state index in [4.69, 9.17) is 0 Å². The van der Waals surface area contributed by atoms with Crippen LogP contribution in [0.4, 0.5) is 0 Å². The second kappa shape index (κ2) is 5.89. The Kier molecular flexibility index (Phi) is 4.23. The van der Waals surface area contributed by atoms with Crippen LogP contribution in [0.2, 0.25) is 0 Å². The van der Waals surface area contributed by atoms with Crippen LogP contribution in [0.25, 0.3) is 0 Å². The van der Waals surface area contributed by atoms with E-state index in [1.807, 2.05) is 48.0 Å². The molecule has 1 heterocycles. The predicted octanol–water partition coefficient (Wildman–Crippen LogP) is 3.40. The summed E-state index contributed by atoms with van der Waals surface area (Å²) in [6.45, 7) is 0.596. The van der Waals surface area contributed by atoms with Crippen LogP contribution < -0.4 is 5.32 Å². The van der Waals surface area contributed by atoms with E-state index >= 15 is 0 Å². The molecule has 0 spiro atoms. The van der Waals surface area contributed by atoms with Crippen LogP contribution in [0.3, 0.4) is 0 Å². The Morgan fingerprint density at radius 1 is 1.29 bits per heavy atom. The molecule has 1 N–H and O–H groups in total. The molecule has 0 fully saturated rings. The Morgan fingerprint density at radius 2 is 2.12 bits per heavy atom. The first kappa shape index (κ1) is 12.2. The van der Waals surface area contributed by atoms with Crippen LogP contribution >= 0.6 is 23.1 Å². The standard InChI is InChI=1S/C13H13NOS2/c1-16-12-7-3-2-6-11(12)13(15)14-9-10-5-4-8-17-10/h2-8H,9H2,1H3,(H,14,15). The smallest absolute Gasteiger partial charge is 0.252 e. The Labute approximate surface area is 109 Å². The first-order valence-electron chi connectivity index (χ1n) is 5.25. The van der Waals surface area contributed by atoms with Crippen LogP contribution in [0, 0.1) is 0 Å². The van der Waals surface area contributed by atoms with E-state index in [9.17, 15) is 4.79 Å². The minimum atomic E-state index is -0.0108. The fourth-order valence-electron chi connectivity index (χ4n) is 1.51. The molecule has 1 amide bonds. The van der Waals surface area contributed by atoms with Gasteiger partial charge in [-0.2, -0.15) is 0 Å². The Bertz CT molecular complexity index is 494. The van der Waals surface area contributed by atoms with Gasteiger partial charge in [0.15, 0.2) is 0 Å². The van der Waals surface area contributed by atoms with Gasteiger partial charge in [-0.1, -0.05) is 18.2 Å². The number of hydrogen-bond acceptors (Lipinski definition) is 3. The molecular formula is C13H13NOS2. The lowest BCUT2D eigenvalue weighted by Crippen LogP contribution is -2.22. The maximum atomic E-state index is 12.0. The molecule has 2 aromatic rings. The van der Waals surface area contributed by atoms with Crippen molar-refractivity contribution in [2.75, 3.05) is 6.26 Å². The average molecular weight is 263 g/mol. The third-order valence-corrected chi connectivity index (χ3v) is 4.03. The molecule has 0 saturated carbocycles. The van der Waals surface area contributed by atoms with Crippen LogP contribution in [0.15, 0.2) is 46.7 Å². The second-order valence-electron chi connectivity index (χ2n) is 3.46. The third-order valence-electron chi connectivity index (χ3n) is 2.35. The van der Waals surface area contributed by atoms with Gasteiger partial charge in [-0.15, -0.1) is 23.1 Å². The summed E-state index contributed by atoms with van der Waals surface area (Å²) in [6.07, 6.45) is 1.98. The minimum absolute atomic E-state index is 0.0108. The zero-order chi connectivity index (χ0) is 12.1. The topological polar surface area (TPSA) is 29.1 Å². The monoisotopic (exact) mass is 263 g/mol. The molecule has 1 aromatic heterocycles. The fourth-order valence-corrected chi connectivity index (χ4v) is 2.75. The van der Waals surface area contributed by atoms with Crippen molar-refractivity contribution in [1.82, 2.24) is 5.32 Å². The lowest BCUT2D eigenvalue weighted by Gasteiger charge is -2.07. The lowest BCUT2D eigenvalue weighted by molar-refractivity contribution is 0.0948. The normalized spacial score (nSPS) is 10.2. The average Bonchev–Trinajstić information content (AvgIpc) is 2.89. The van der Waals surface area contributed by atoms with E-state index in [-0.39, 0.29) is 5.91 Å². The molecule has 0 saturated heterocycles. The number of rotatable bonds is 4. The summed E-state index contributed by atoms with van der Waals surface area (Å²) in [5, 5.41) is 4.95.